The van der Waals surface area contributed by atoms with Gasteiger partial charge >= 0.3 is 11.9 Å². The monoisotopic (exact) mass is 657 g/mol. The summed E-state index contributed by atoms with van der Waals surface area (Å²) >= 11 is 0. The van der Waals surface area contributed by atoms with Gasteiger partial charge in [0.05, 0.1) is 19.0 Å². The summed E-state index contributed by atoms with van der Waals surface area (Å²) in [6.45, 7) is 7.22. The fraction of sp³-hybridized carbons (Fsp3) is 0.781. The Bertz CT molecular complexity index is 1480. The molecule has 3 atom stereocenters. The van der Waals surface area contributed by atoms with E-state index in [4.69, 9.17) is 19.9 Å². The molecule has 2 aromatic heterocycles. The quantitative estimate of drug-likeness (QED) is 0.241. The zero-order chi connectivity index (χ0) is 32.4. The van der Waals surface area contributed by atoms with Gasteiger partial charge in [0.25, 0.3) is 0 Å². The maximum Gasteiger partial charge on any atom is 0.342 e. The first-order valence-corrected chi connectivity index (χ1v) is 18.9. The Morgan fingerprint density at radius 2 is 1.63 bits per heavy atom. The van der Waals surface area contributed by atoms with E-state index in [1.807, 2.05) is 6.92 Å². The molecule has 0 amide bonds. The van der Waals surface area contributed by atoms with Gasteiger partial charge in [-0.25, -0.2) is 24.8 Å². The van der Waals surface area contributed by atoms with Crippen LogP contribution in [0, 0.1) is 23.7 Å². The highest BCUT2D eigenvalue weighted by Crippen LogP contribution is 2.64. The van der Waals surface area contributed by atoms with Crippen LogP contribution < -0.4 is 10.8 Å². The molecular formula is C32H48N7O6P. The van der Waals surface area contributed by atoms with Gasteiger partial charge in [-0.1, -0.05) is 38.5 Å². The maximum atomic E-state index is 14.6. The number of carbonyl (C=O) groups excluding carboxylic acids is 2. The van der Waals surface area contributed by atoms with Crippen molar-refractivity contribution in [1.82, 2.24) is 29.3 Å². The van der Waals surface area contributed by atoms with Crippen LogP contribution in [0.5, 0.6) is 0 Å². The van der Waals surface area contributed by atoms with E-state index in [0.717, 1.165) is 37.5 Å². The molecule has 2 unspecified atom stereocenters. The van der Waals surface area contributed by atoms with Crippen LogP contribution in [0.15, 0.2) is 12.7 Å². The molecule has 1 aliphatic heterocycles. The zero-order valence-corrected chi connectivity index (χ0v) is 28.3. The summed E-state index contributed by atoms with van der Waals surface area (Å²) in [5.41, 5.74) is 4.14. The second-order valence-electron chi connectivity index (χ2n) is 15.1. The van der Waals surface area contributed by atoms with Crippen LogP contribution in [0.25, 0.3) is 11.2 Å². The Kier molecular flexibility index (Phi) is 8.22. The first-order chi connectivity index (χ1) is 21.9. The predicted octanol–water partition coefficient (Wildman–Crippen LogP) is 4.61. The number of anilines is 1. The van der Waals surface area contributed by atoms with Gasteiger partial charge in [-0.3, -0.25) is 9.36 Å². The molecule has 1 saturated heterocycles. The Morgan fingerprint density at radius 3 is 2.22 bits per heavy atom. The SMILES string of the molecule is C[C@H](Cn1cnc2c(N)ncnc21)OCP1(=O)NC(C)(C(=O)OC2CC(C3CCC3)C2)N1C(C)(C)C(=O)OC1CC(C2CCC2)C1. The van der Waals surface area contributed by atoms with E-state index in [0.29, 0.717) is 29.5 Å². The summed E-state index contributed by atoms with van der Waals surface area (Å²) in [6, 6.07) is 0. The summed E-state index contributed by atoms with van der Waals surface area (Å²) in [5, 5.41) is 3.04. The lowest BCUT2D eigenvalue weighted by Crippen LogP contribution is -2.77. The minimum Gasteiger partial charge on any atom is -0.461 e. The average Bonchev–Trinajstić information content (AvgIpc) is 3.30. The molecular weight excluding hydrogens is 609 g/mol. The lowest BCUT2D eigenvalue weighted by atomic mass is 9.65. The average molecular weight is 658 g/mol. The minimum absolute atomic E-state index is 0.151. The molecule has 0 spiro atoms. The van der Waals surface area contributed by atoms with E-state index in [2.05, 4.69) is 20.0 Å². The first-order valence-electron chi connectivity index (χ1n) is 17.0. The lowest BCUT2D eigenvalue weighted by Gasteiger charge is -2.59. The zero-order valence-electron chi connectivity index (χ0n) is 27.4. The molecule has 4 aliphatic carbocycles. The second-order valence-corrected chi connectivity index (χ2v) is 17.4. The molecule has 13 nitrogen and oxygen atoms in total. The van der Waals surface area contributed by atoms with Gasteiger partial charge in [-0.05, 0) is 77.0 Å². The number of nitrogens with zero attached hydrogens (tertiary/aromatic N) is 5. The number of rotatable bonds is 12. The summed E-state index contributed by atoms with van der Waals surface area (Å²) in [4.78, 5) is 40.1. The largest absolute Gasteiger partial charge is 0.461 e. The van der Waals surface area contributed by atoms with Crippen LogP contribution in [0.1, 0.15) is 91.9 Å². The number of carbonyl (C=O) groups is 2. The van der Waals surface area contributed by atoms with Crippen LogP contribution in [0.3, 0.4) is 0 Å². The number of aromatic nitrogens is 4. The van der Waals surface area contributed by atoms with Gasteiger partial charge in [0.2, 0.25) is 7.44 Å². The highest BCUT2D eigenvalue weighted by atomic mass is 31.2. The number of imidazole rings is 1. The lowest BCUT2D eigenvalue weighted by molar-refractivity contribution is -0.184. The van der Waals surface area contributed by atoms with Crippen molar-refractivity contribution in [3.8, 4) is 0 Å². The molecule has 5 aliphatic rings. The molecule has 0 radical (unpaired) electrons. The Morgan fingerprint density at radius 1 is 1.02 bits per heavy atom. The first kappa shape index (κ1) is 32.0. The molecule has 14 heteroatoms. The number of hydrogen-bond donors (Lipinski definition) is 2. The molecule has 3 N–H and O–H groups in total. The van der Waals surface area contributed by atoms with Gasteiger partial charge in [0, 0.05) is 0 Å². The number of hydrogen-bond acceptors (Lipinski definition) is 10. The fourth-order valence-electron chi connectivity index (χ4n) is 8.14. The smallest absolute Gasteiger partial charge is 0.342 e. The van der Waals surface area contributed by atoms with Gasteiger partial charge < -0.3 is 24.5 Å². The summed E-state index contributed by atoms with van der Waals surface area (Å²) in [5.74, 6) is 1.99. The normalized spacial score (nSPS) is 34.0. The number of nitrogens with one attached hydrogen (secondary N) is 1. The second kappa shape index (κ2) is 11.8. The molecule has 2 aromatic rings. The number of ether oxygens (including phenoxy) is 3. The number of nitrogens with two attached hydrogens (primary N) is 1. The molecule has 46 heavy (non-hydrogen) atoms. The highest BCUT2D eigenvalue weighted by Gasteiger charge is 2.69. The van der Waals surface area contributed by atoms with Crippen molar-refractivity contribution in [2.75, 3.05) is 12.1 Å². The van der Waals surface area contributed by atoms with Gasteiger partial charge in [-0.2, -0.15) is 4.67 Å². The molecule has 0 bridgehead atoms. The van der Waals surface area contributed by atoms with Crippen molar-refractivity contribution in [1.29, 1.82) is 0 Å². The van der Waals surface area contributed by atoms with E-state index < -0.39 is 36.7 Å². The summed E-state index contributed by atoms with van der Waals surface area (Å²) in [7, 11) is -3.58. The van der Waals surface area contributed by atoms with Crippen molar-refractivity contribution < 1.29 is 28.4 Å². The highest BCUT2D eigenvalue weighted by molar-refractivity contribution is 7.61. The third-order valence-corrected chi connectivity index (χ3v) is 14.3. The number of nitrogen functional groups attached to an aromatic ring is 1. The van der Waals surface area contributed by atoms with Crippen molar-refractivity contribution in [3.05, 3.63) is 12.7 Å². The van der Waals surface area contributed by atoms with Gasteiger partial charge in [0.1, 0.15) is 35.9 Å². The van der Waals surface area contributed by atoms with Crippen LogP contribution >= 0.6 is 7.44 Å². The fourth-order valence-corrected chi connectivity index (χ4v) is 11.3. The van der Waals surface area contributed by atoms with Crippen LogP contribution in [0.4, 0.5) is 5.82 Å². The van der Waals surface area contributed by atoms with E-state index in [9.17, 15) is 14.2 Å². The van der Waals surface area contributed by atoms with Crippen molar-refractivity contribution in [2.45, 2.75) is 128 Å². The van der Waals surface area contributed by atoms with E-state index >= 15 is 0 Å². The predicted molar refractivity (Wildman–Crippen MR) is 170 cm³/mol. The summed E-state index contributed by atoms with van der Waals surface area (Å²) in [6.07, 6.45) is 13.1. The van der Waals surface area contributed by atoms with E-state index in [1.165, 1.54) is 49.5 Å². The molecule has 4 saturated carbocycles. The van der Waals surface area contributed by atoms with Crippen LogP contribution in [-0.4, -0.2) is 72.0 Å². The molecule has 7 rings (SSSR count). The maximum absolute atomic E-state index is 14.6. The Hall–Kier alpha value is -2.60. The summed E-state index contributed by atoms with van der Waals surface area (Å²) < 4.78 is 35.9. The Balaban J connectivity index is 1.03. The van der Waals surface area contributed by atoms with Crippen molar-refractivity contribution >= 4 is 36.4 Å². The topological polar surface area (TPSA) is 164 Å². The Labute approximate surface area is 270 Å². The molecule has 3 heterocycles. The van der Waals surface area contributed by atoms with Gasteiger partial charge in [-0.15, -0.1) is 0 Å². The standard InChI is InChI=1S/C32H48N7O6P/c1-19(15-38-17-36-26-27(33)34-16-35-28(26)38)43-18-46(42)37-32(4,30(41)45-25-13-23(14-25)21-9-6-10-21)39(46)31(2,3)29(40)44-24-11-22(12-24)20-7-5-8-20/h16-17,19-25H,5-15,18H2,1-4H3,(H,37,42)(H2,33,34,35)/t19-,22?,23?,24?,25?,32?,46?/m1/s1. The molecule has 252 valence electrons. The van der Waals surface area contributed by atoms with Crippen molar-refractivity contribution in [2.24, 2.45) is 23.7 Å². The number of esters is 2. The van der Waals surface area contributed by atoms with Crippen LogP contribution in [-0.2, 0) is 34.9 Å². The molecule has 5 fully saturated rings. The van der Waals surface area contributed by atoms with E-state index in [-0.39, 0.29) is 24.4 Å². The third-order valence-electron chi connectivity index (χ3n) is 11.4. The number of fused-ring (bicyclic) bond motifs is 1. The minimum atomic E-state index is -3.58. The molecule has 0 aromatic carbocycles. The van der Waals surface area contributed by atoms with Crippen molar-refractivity contribution in [3.63, 3.8) is 0 Å². The van der Waals surface area contributed by atoms with Crippen LogP contribution in [0.2, 0.25) is 0 Å². The third kappa shape index (κ3) is 5.54. The van der Waals surface area contributed by atoms with Gasteiger partial charge in [0.15, 0.2) is 17.1 Å². The van der Waals surface area contributed by atoms with E-state index in [1.54, 1.807) is 31.7 Å².